The van der Waals surface area contributed by atoms with Gasteiger partial charge in [-0.1, -0.05) is 47.5 Å². The third kappa shape index (κ3) is 4.90. The Morgan fingerprint density at radius 3 is 2.45 bits per heavy atom. The SMILES string of the molecule is O=C(Nc1cc(Cl)ccc1N1CCN(C(=O)c2ccccc2F)CC1)c1sc2c([N+](=O)[O-])cccc2c1Cl. The van der Waals surface area contributed by atoms with Gasteiger partial charge in [-0.05, 0) is 30.3 Å². The number of rotatable bonds is 5. The molecule has 2 amide bonds. The molecule has 1 aliphatic heterocycles. The zero-order valence-electron chi connectivity index (χ0n) is 19.6. The van der Waals surface area contributed by atoms with Crippen LogP contribution in [0.25, 0.3) is 10.1 Å². The number of carbonyl (C=O) groups excluding carboxylic acids is 2. The number of benzene rings is 3. The third-order valence-electron chi connectivity index (χ3n) is 6.26. The maximum Gasteiger partial charge on any atom is 0.287 e. The van der Waals surface area contributed by atoms with Crippen LogP contribution in [0.2, 0.25) is 10.0 Å². The first-order valence-corrected chi connectivity index (χ1v) is 13.1. The highest BCUT2D eigenvalue weighted by Crippen LogP contribution is 2.41. The van der Waals surface area contributed by atoms with Crippen LogP contribution in [0, 0.1) is 15.9 Å². The minimum atomic E-state index is -0.562. The number of nitro benzene ring substituents is 1. The highest BCUT2D eigenvalue weighted by molar-refractivity contribution is 7.22. The van der Waals surface area contributed by atoms with Gasteiger partial charge in [0, 0.05) is 42.7 Å². The molecule has 0 saturated carbocycles. The van der Waals surface area contributed by atoms with E-state index >= 15 is 0 Å². The van der Waals surface area contributed by atoms with Crippen LogP contribution in [0.5, 0.6) is 0 Å². The quantitative estimate of drug-likeness (QED) is 0.218. The number of carbonyl (C=O) groups is 2. The van der Waals surface area contributed by atoms with Gasteiger partial charge in [-0.15, -0.1) is 11.3 Å². The molecule has 8 nitrogen and oxygen atoms in total. The Morgan fingerprint density at radius 2 is 1.74 bits per heavy atom. The molecule has 0 radical (unpaired) electrons. The van der Waals surface area contributed by atoms with Crippen LogP contribution in [0.15, 0.2) is 60.7 Å². The summed E-state index contributed by atoms with van der Waals surface area (Å²) in [6.07, 6.45) is 0. The van der Waals surface area contributed by atoms with Crippen molar-refractivity contribution < 1.29 is 18.9 Å². The Labute approximate surface area is 230 Å². The number of halogens is 3. The van der Waals surface area contributed by atoms with Gasteiger partial charge < -0.3 is 15.1 Å². The van der Waals surface area contributed by atoms with Crippen LogP contribution in [0.1, 0.15) is 20.0 Å². The summed E-state index contributed by atoms with van der Waals surface area (Å²) in [5.74, 6) is -1.46. The zero-order valence-corrected chi connectivity index (χ0v) is 21.9. The van der Waals surface area contributed by atoms with E-state index in [0.717, 1.165) is 11.3 Å². The molecule has 2 heterocycles. The molecule has 0 spiro atoms. The Balaban J connectivity index is 1.36. The van der Waals surface area contributed by atoms with Crippen LogP contribution in [0.4, 0.5) is 21.5 Å². The number of nitrogens with one attached hydrogen (secondary N) is 1. The topological polar surface area (TPSA) is 95.8 Å². The molecule has 1 fully saturated rings. The van der Waals surface area contributed by atoms with E-state index < -0.39 is 16.6 Å². The predicted octanol–water partition coefficient (Wildman–Crippen LogP) is 6.47. The van der Waals surface area contributed by atoms with E-state index in [2.05, 4.69) is 5.32 Å². The smallest absolute Gasteiger partial charge is 0.287 e. The molecule has 5 rings (SSSR count). The lowest BCUT2D eigenvalue weighted by molar-refractivity contribution is -0.382. The normalized spacial score (nSPS) is 13.6. The van der Waals surface area contributed by atoms with Gasteiger partial charge in [-0.3, -0.25) is 19.7 Å². The largest absolute Gasteiger partial charge is 0.366 e. The van der Waals surface area contributed by atoms with Crippen molar-refractivity contribution in [3.05, 3.63) is 97.1 Å². The highest BCUT2D eigenvalue weighted by Gasteiger charge is 2.27. The second kappa shape index (κ2) is 10.6. The number of anilines is 2. The summed E-state index contributed by atoms with van der Waals surface area (Å²) >= 11 is 13.6. The number of non-ortho nitro benzene ring substituents is 1. The number of hydrogen-bond donors (Lipinski definition) is 1. The summed E-state index contributed by atoms with van der Waals surface area (Å²) in [7, 11) is 0. The van der Waals surface area contributed by atoms with Crippen molar-refractivity contribution in [2.75, 3.05) is 36.4 Å². The van der Waals surface area contributed by atoms with Crippen molar-refractivity contribution in [3.8, 4) is 0 Å². The molecule has 1 aromatic heterocycles. The van der Waals surface area contributed by atoms with Crippen molar-refractivity contribution in [2.45, 2.75) is 0 Å². The summed E-state index contributed by atoms with van der Waals surface area (Å²) in [6, 6.07) is 15.5. The van der Waals surface area contributed by atoms with E-state index in [0.29, 0.717) is 52.7 Å². The van der Waals surface area contributed by atoms with Crippen LogP contribution < -0.4 is 10.2 Å². The average Bonchev–Trinajstić information content (AvgIpc) is 3.25. The standard InChI is InChI=1S/C26H19Cl2FN4O4S/c27-15-8-9-20(31-10-12-32(13-11-31)26(35)16-4-1-2-6-18(16)29)19(14-15)30-25(34)24-22(28)17-5-3-7-21(33(36)37)23(17)38-24/h1-9,14H,10-13H2,(H,30,34). The van der Waals surface area contributed by atoms with Gasteiger partial charge in [-0.2, -0.15) is 0 Å². The lowest BCUT2D eigenvalue weighted by atomic mass is 10.1. The summed E-state index contributed by atoms with van der Waals surface area (Å²) in [5, 5.41) is 15.2. The third-order valence-corrected chi connectivity index (χ3v) is 8.22. The van der Waals surface area contributed by atoms with E-state index in [-0.39, 0.29) is 27.1 Å². The molecule has 3 aromatic carbocycles. The Bertz CT molecular complexity index is 1590. The first-order valence-electron chi connectivity index (χ1n) is 11.5. The average molecular weight is 573 g/mol. The maximum absolute atomic E-state index is 14.1. The summed E-state index contributed by atoms with van der Waals surface area (Å²) in [5.41, 5.74) is 1.02. The fourth-order valence-electron chi connectivity index (χ4n) is 4.38. The van der Waals surface area contributed by atoms with E-state index in [1.165, 1.54) is 30.3 Å². The fraction of sp³-hybridized carbons (Fsp3) is 0.154. The summed E-state index contributed by atoms with van der Waals surface area (Å²) in [4.78, 5) is 40.7. The van der Waals surface area contributed by atoms with Crippen molar-refractivity contribution in [1.82, 2.24) is 4.90 Å². The van der Waals surface area contributed by atoms with Crippen LogP contribution in [-0.4, -0.2) is 47.8 Å². The molecule has 1 aliphatic rings. The Hall–Kier alpha value is -3.73. The molecule has 1 N–H and O–H groups in total. The summed E-state index contributed by atoms with van der Waals surface area (Å²) < 4.78 is 14.4. The number of hydrogen-bond acceptors (Lipinski definition) is 6. The number of nitrogens with zero attached hydrogens (tertiary/aromatic N) is 3. The van der Waals surface area contributed by atoms with Gasteiger partial charge in [0.05, 0.1) is 26.9 Å². The fourth-order valence-corrected chi connectivity index (χ4v) is 6.04. The molecule has 194 valence electrons. The second-order valence-electron chi connectivity index (χ2n) is 8.53. The number of fused-ring (bicyclic) bond motifs is 1. The molecule has 0 atom stereocenters. The van der Waals surface area contributed by atoms with Gasteiger partial charge in [0.15, 0.2) is 0 Å². The van der Waals surface area contributed by atoms with Gasteiger partial charge >= 0.3 is 0 Å². The van der Waals surface area contributed by atoms with Gasteiger partial charge in [-0.25, -0.2) is 4.39 Å². The first-order chi connectivity index (χ1) is 18.2. The molecule has 0 unspecified atom stereocenters. The van der Waals surface area contributed by atoms with Crippen molar-refractivity contribution in [3.63, 3.8) is 0 Å². The van der Waals surface area contributed by atoms with Crippen LogP contribution in [-0.2, 0) is 0 Å². The van der Waals surface area contributed by atoms with Crippen LogP contribution in [0.3, 0.4) is 0 Å². The van der Waals surface area contributed by atoms with E-state index in [1.807, 2.05) is 4.90 Å². The molecule has 38 heavy (non-hydrogen) atoms. The van der Waals surface area contributed by atoms with E-state index in [1.54, 1.807) is 35.2 Å². The molecule has 12 heteroatoms. The Morgan fingerprint density at radius 1 is 1.00 bits per heavy atom. The zero-order chi connectivity index (χ0) is 27.0. The Kier molecular flexibility index (Phi) is 7.20. The van der Waals surface area contributed by atoms with Crippen molar-refractivity contribution in [1.29, 1.82) is 0 Å². The minimum absolute atomic E-state index is 0.0286. The minimum Gasteiger partial charge on any atom is -0.366 e. The monoisotopic (exact) mass is 572 g/mol. The predicted molar refractivity (Wildman–Crippen MR) is 147 cm³/mol. The molecular weight excluding hydrogens is 554 g/mol. The molecule has 0 bridgehead atoms. The first kappa shape index (κ1) is 25.9. The number of thiophene rings is 1. The van der Waals surface area contributed by atoms with E-state index in [9.17, 15) is 24.1 Å². The lowest BCUT2D eigenvalue weighted by Gasteiger charge is -2.37. The number of amides is 2. The number of nitro groups is 1. The molecular formula is C26H19Cl2FN4O4S. The molecule has 1 saturated heterocycles. The van der Waals surface area contributed by atoms with Crippen molar-refractivity contribution >= 4 is 73.5 Å². The van der Waals surface area contributed by atoms with Crippen LogP contribution >= 0.6 is 34.5 Å². The van der Waals surface area contributed by atoms with E-state index in [4.69, 9.17) is 23.2 Å². The summed E-state index contributed by atoms with van der Waals surface area (Å²) in [6.45, 7) is 1.60. The lowest BCUT2D eigenvalue weighted by Crippen LogP contribution is -2.49. The van der Waals surface area contributed by atoms with Gasteiger partial charge in [0.1, 0.15) is 15.4 Å². The second-order valence-corrected chi connectivity index (χ2v) is 10.4. The van der Waals surface area contributed by atoms with Crippen molar-refractivity contribution in [2.24, 2.45) is 0 Å². The number of piperazine rings is 1. The molecule has 0 aliphatic carbocycles. The molecule has 4 aromatic rings. The van der Waals surface area contributed by atoms with Gasteiger partial charge in [0.2, 0.25) is 0 Å². The van der Waals surface area contributed by atoms with Gasteiger partial charge in [0.25, 0.3) is 17.5 Å². The highest BCUT2D eigenvalue weighted by atomic mass is 35.5. The maximum atomic E-state index is 14.1.